The zero-order valence-corrected chi connectivity index (χ0v) is 10.3. The van der Waals surface area contributed by atoms with E-state index in [0.717, 1.165) is 18.7 Å². The topological polar surface area (TPSA) is 58.1 Å². The lowest BCUT2D eigenvalue weighted by Crippen LogP contribution is -2.40. The molecule has 1 saturated heterocycles. The van der Waals surface area contributed by atoms with Crippen LogP contribution in [0.5, 0.6) is 0 Å². The van der Waals surface area contributed by atoms with E-state index in [2.05, 4.69) is 14.9 Å². The Morgan fingerprint density at radius 3 is 3.06 bits per heavy atom. The number of hydrogen-bond acceptors (Lipinski definition) is 5. The largest absolute Gasteiger partial charge is 0.339 e. The highest BCUT2D eigenvalue weighted by Crippen LogP contribution is 2.14. The zero-order valence-electron chi connectivity index (χ0n) is 9.51. The van der Waals surface area contributed by atoms with Gasteiger partial charge in [0.2, 0.25) is 5.91 Å². The summed E-state index contributed by atoms with van der Waals surface area (Å²) in [5, 5.41) is 9.06. The summed E-state index contributed by atoms with van der Waals surface area (Å²) in [6, 6.07) is 0.240. The average Bonchev–Trinajstić information content (AvgIpc) is 2.84. The molecule has 0 radical (unpaired) electrons. The van der Waals surface area contributed by atoms with Crippen LogP contribution in [0.25, 0.3) is 0 Å². The number of nitrogens with one attached hydrogen (secondary N) is 1. The standard InChI is InChI=1S/C10H16N4OS/c1-7(2)14-4-3-9(10(14)15)11-5-8-6-16-13-12-8/h6-7,9,11H,3-5H2,1-2H3. The molecular weight excluding hydrogens is 224 g/mol. The van der Waals surface area contributed by atoms with Gasteiger partial charge in [0.1, 0.15) is 0 Å². The van der Waals surface area contributed by atoms with Crippen molar-refractivity contribution >= 4 is 17.4 Å². The van der Waals surface area contributed by atoms with Gasteiger partial charge in [0.25, 0.3) is 0 Å². The highest BCUT2D eigenvalue weighted by atomic mass is 32.1. The summed E-state index contributed by atoms with van der Waals surface area (Å²) in [5.41, 5.74) is 0.904. The van der Waals surface area contributed by atoms with Crippen molar-refractivity contribution in [2.45, 2.75) is 38.9 Å². The minimum atomic E-state index is -0.0518. The van der Waals surface area contributed by atoms with Crippen LogP contribution in [0.4, 0.5) is 0 Å². The van der Waals surface area contributed by atoms with Crippen molar-refractivity contribution in [3.63, 3.8) is 0 Å². The minimum absolute atomic E-state index is 0.0518. The molecule has 6 heteroatoms. The molecule has 0 spiro atoms. The Morgan fingerprint density at radius 2 is 2.50 bits per heavy atom. The lowest BCUT2D eigenvalue weighted by atomic mass is 10.2. The van der Waals surface area contributed by atoms with Gasteiger partial charge >= 0.3 is 0 Å². The summed E-state index contributed by atoms with van der Waals surface area (Å²) in [6.45, 7) is 5.57. The number of amides is 1. The molecule has 0 aromatic carbocycles. The van der Waals surface area contributed by atoms with E-state index < -0.39 is 0 Å². The van der Waals surface area contributed by atoms with E-state index in [-0.39, 0.29) is 11.9 Å². The van der Waals surface area contributed by atoms with Crippen LogP contribution in [-0.2, 0) is 11.3 Å². The lowest BCUT2D eigenvalue weighted by molar-refractivity contribution is -0.130. The van der Waals surface area contributed by atoms with Crippen LogP contribution in [0.15, 0.2) is 5.38 Å². The maximum atomic E-state index is 11.9. The highest BCUT2D eigenvalue weighted by Gasteiger charge is 2.32. The first-order valence-corrected chi connectivity index (χ1v) is 6.32. The van der Waals surface area contributed by atoms with Gasteiger partial charge in [-0.25, -0.2) is 0 Å². The first kappa shape index (κ1) is 11.5. The third-order valence-electron chi connectivity index (χ3n) is 2.80. The highest BCUT2D eigenvalue weighted by molar-refractivity contribution is 7.03. The summed E-state index contributed by atoms with van der Waals surface area (Å²) in [6.07, 6.45) is 0.884. The Bertz CT molecular complexity index is 352. The number of likely N-dealkylation sites (tertiary alicyclic amines) is 1. The van der Waals surface area contributed by atoms with Crippen LogP contribution in [0, 0.1) is 0 Å². The molecule has 1 amide bonds. The van der Waals surface area contributed by atoms with Gasteiger partial charge in [0.15, 0.2) is 0 Å². The van der Waals surface area contributed by atoms with Crippen molar-refractivity contribution in [2.24, 2.45) is 0 Å². The average molecular weight is 240 g/mol. The quantitative estimate of drug-likeness (QED) is 0.839. The summed E-state index contributed by atoms with van der Waals surface area (Å²) >= 11 is 1.33. The molecule has 1 N–H and O–H groups in total. The second-order valence-electron chi connectivity index (χ2n) is 4.24. The first-order valence-electron chi connectivity index (χ1n) is 5.48. The molecule has 1 unspecified atom stereocenters. The maximum Gasteiger partial charge on any atom is 0.240 e. The molecule has 0 saturated carbocycles. The van der Waals surface area contributed by atoms with E-state index in [0.29, 0.717) is 12.6 Å². The molecule has 1 aromatic heterocycles. The Labute approximate surface area is 99.0 Å². The molecule has 1 aromatic rings. The van der Waals surface area contributed by atoms with E-state index in [1.165, 1.54) is 11.5 Å². The van der Waals surface area contributed by atoms with Gasteiger partial charge in [-0.1, -0.05) is 4.49 Å². The number of nitrogens with zero attached hydrogens (tertiary/aromatic N) is 3. The summed E-state index contributed by atoms with van der Waals surface area (Å²) in [5.74, 6) is 0.207. The summed E-state index contributed by atoms with van der Waals surface area (Å²) in [7, 11) is 0. The second kappa shape index (κ2) is 4.88. The normalized spacial score (nSPS) is 21.1. The first-order chi connectivity index (χ1) is 7.68. The van der Waals surface area contributed by atoms with E-state index in [1.54, 1.807) is 0 Å². The molecule has 16 heavy (non-hydrogen) atoms. The number of hydrogen-bond donors (Lipinski definition) is 1. The Hall–Kier alpha value is -1.01. The number of carbonyl (C=O) groups excluding carboxylic acids is 1. The minimum Gasteiger partial charge on any atom is -0.339 e. The smallest absolute Gasteiger partial charge is 0.240 e. The number of carbonyl (C=O) groups is 1. The van der Waals surface area contributed by atoms with Gasteiger partial charge in [-0.05, 0) is 31.8 Å². The van der Waals surface area contributed by atoms with Crippen molar-refractivity contribution in [1.82, 2.24) is 19.8 Å². The Morgan fingerprint density at radius 1 is 1.69 bits per heavy atom. The number of aromatic nitrogens is 2. The molecule has 2 rings (SSSR count). The molecule has 0 aliphatic carbocycles. The SMILES string of the molecule is CC(C)N1CCC(NCc2csnn2)C1=O. The molecular formula is C10H16N4OS. The van der Waals surface area contributed by atoms with Crippen LogP contribution in [0.1, 0.15) is 26.0 Å². The molecule has 5 nitrogen and oxygen atoms in total. The summed E-state index contributed by atoms with van der Waals surface area (Å²) in [4.78, 5) is 13.9. The Balaban J connectivity index is 1.86. The molecule has 1 aliphatic heterocycles. The van der Waals surface area contributed by atoms with Crippen LogP contribution in [0.3, 0.4) is 0 Å². The molecule has 1 aliphatic rings. The van der Waals surface area contributed by atoms with Crippen molar-refractivity contribution in [1.29, 1.82) is 0 Å². The van der Waals surface area contributed by atoms with Crippen molar-refractivity contribution in [2.75, 3.05) is 6.54 Å². The monoisotopic (exact) mass is 240 g/mol. The fourth-order valence-electron chi connectivity index (χ4n) is 1.89. The maximum absolute atomic E-state index is 11.9. The second-order valence-corrected chi connectivity index (χ2v) is 4.85. The van der Waals surface area contributed by atoms with Gasteiger partial charge in [-0.15, -0.1) is 5.10 Å². The third kappa shape index (κ3) is 2.38. The van der Waals surface area contributed by atoms with Crippen LogP contribution < -0.4 is 5.32 Å². The third-order valence-corrected chi connectivity index (χ3v) is 3.35. The van der Waals surface area contributed by atoms with E-state index in [9.17, 15) is 4.79 Å². The van der Waals surface area contributed by atoms with Gasteiger partial charge in [0.05, 0.1) is 11.7 Å². The molecule has 88 valence electrons. The molecule has 1 fully saturated rings. The predicted octanol–water partition coefficient (Wildman–Crippen LogP) is 0.637. The van der Waals surface area contributed by atoms with Gasteiger partial charge in [0, 0.05) is 24.5 Å². The zero-order chi connectivity index (χ0) is 11.5. The van der Waals surface area contributed by atoms with Crippen molar-refractivity contribution < 1.29 is 4.79 Å². The number of rotatable bonds is 4. The molecule has 2 heterocycles. The van der Waals surface area contributed by atoms with Crippen molar-refractivity contribution in [3.05, 3.63) is 11.1 Å². The molecule has 1 atom stereocenters. The fourth-order valence-corrected chi connectivity index (χ4v) is 2.34. The van der Waals surface area contributed by atoms with E-state index in [1.807, 2.05) is 24.1 Å². The van der Waals surface area contributed by atoms with Gasteiger partial charge in [-0.3, -0.25) is 4.79 Å². The lowest BCUT2D eigenvalue weighted by Gasteiger charge is -2.21. The van der Waals surface area contributed by atoms with Crippen LogP contribution in [0.2, 0.25) is 0 Å². The van der Waals surface area contributed by atoms with E-state index >= 15 is 0 Å². The Kier molecular flexibility index (Phi) is 3.50. The van der Waals surface area contributed by atoms with Crippen LogP contribution in [-0.4, -0.2) is 39.0 Å². The van der Waals surface area contributed by atoms with Gasteiger partial charge < -0.3 is 10.2 Å². The summed E-state index contributed by atoms with van der Waals surface area (Å²) < 4.78 is 3.79. The fraction of sp³-hybridized carbons (Fsp3) is 0.700. The van der Waals surface area contributed by atoms with E-state index in [4.69, 9.17) is 0 Å². The molecule has 0 bridgehead atoms. The van der Waals surface area contributed by atoms with Crippen molar-refractivity contribution in [3.8, 4) is 0 Å². The predicted molar refractivity (Wildman–Crippen MR) is 62.0 cm³/mol. The van der Waals surface area contributed by atoms with Crippen LogP contribution >= 0.6 is 11.5 Å². The van der Waals surface area contributed by atoms with Gasteiger partial charge in [-0.2, -0.15) is 0 Å².